The molecule has 1 saturated carbocycles. The molecule has 1 aliphatic heterocycles. The highest BCUT2D eigenvalue weighted by molar-refractivity contribution is 5.79. The van der Waals surface area contributed by atoms with Crippen molar-refractivity contribution in [2.24, 2.45) is 5.41 Å². The fraction of sp³-hybridized carbons (Fsp3) is 0.556. The predicted octanol–water partition coefficient (Wildman–Crippen LogP) is 3.68. The first-order valence-corrected chi connectivity index (χ1v) is 8.43. The summed E-state index contributed by atoms with van der Waals surface area (Å²) in [7, 11) is 0. The summed E-state index contributed by atoms with van der Waals surface area (Å²) in [6, 6.07) is 8.37. The molecule has 2 aliphatic rings. The Kier molecular flexibility index (Phi) is 4.67. The van der Waals surface area contributed by atoms with Gasteiger partial charge in [-0.3, -0.25) is 4.79 Å². The van der Waals surface area contributed by atoms with Gasteiger partial charge in [0.15, 0.2) is 0 Å². The van der Waals surface area contributed by atoms with Gasteiger partial charge in [0.05, 0.1) is 11.5 Å². The van der Waals surface area contributed by atoms with Crippen LogP contribution in [-0.4, -0.2) is 40.6 Å². The summed E-state index contributed by atoms with van der Waals surface area (Å²) in [5, 5.41) is 9.56. The molecule has 1 atom stereocenters. The number of aliphatic carboxylic acids is 1. The predicted molar refractivity (Wildman–Crippen MR) is 85.2 cm³/mol. The third-order valence-corrected chi connectivity index (χ3v) is 5.15. The van der Waals surface area contributed by atoms with Crippen molar-refractivity contribution in [2.45, 2.75) is 50.7 Å². The zero-order chi connectivity index (χ0) is 18.1. The first-order chi connectivity index (χ1) is 11.8. The van der Waals surface area contributed by atoms with Gasteiger partial charge in [-0.2, -0.15) is 0 Å². The van der Waals surface area contributed by atoms with E-state index in [-0.39, 0.29) is 6.61 Å². The van der Waals surface area contributed by atoms with E-state index in [4.69, 9.17) is 4.74 Å². The zero-order valence-electron chi connectivity index (χ0n) is 13.8. The highest BCUT2D eigenvalue weighted by atomic mass is 19.3. The van der Waals surface area contributed by atoms with E-state index in [2.05, 4.69) is 0 Å². The average Bonchev–Trinajstić information content (AvgIpc) is 2.58. The number of hydrogen-bond acceptors (Lipinski definition) is 3. The van der Waals surface area contributed by atoms with Crippen LogP contribution < -0.4 is 0 Å². The van der Waals surface area contributed by atoms with E-state index >= 15 is 0 Å². The molecule has 1 saturated heterocycles. The number of benzene rings is 1. The lowest BCUT2D eigenvalue weighted by Crippen LogP contribution is -2.64. The van der Waals surface area contributed by atoms with Crippen LogP contribution in [0.15, 0.2) is 30.3 Å². The molecule has 1 aromatic rings. The maximum atomic E-state index is 13.4. The van der Waals surface area contributed by atoms with E-state index < -0.39 is 42.3 Å². The summed E-state index contributed by atoms with van der Waals surface area (Å²) in [4.78, 5) is 25.5. The van der Waals surface area contributed by atoms with E-state index in [1.807, 2.05) is 30.3 Å². The third-order valence-electron chi connectivity index (χ3n) is 5.15. The SMILES string of the molecule is O=C(OCc1ccccc1)N1CCCCC1C1(C(=O)O)CC(F)(F)C1. The zero-order valence-corrected chi connectivity index (χ0v) is 13.8. The molecule has 136 valence electrons. The molecule has 0 spiro atoms. The fourth-order valence-corrected chi connectivity index (χ4v) is 3.93. The molecule has 0 bridgehead atoms. The van der Waals surface area contributed by atoms with E-state index in [9.17, 15) is 23.5 Å². The average molecular weight is 353 g/mol. The van der Waals surface area contributed by atoms with E-state index in [1.165, 1.54) is 4.90 Å². The van der Waals surface area contributed by atoms with Gasteiger partial charge in [-0.25, -0.2) is 13.6 Å². The maximum absolute atomic E-state index is 13.4. The van der Waals surface area contributed by atoms with Gasteiger partial charge in [-0.05, 0) is 24.8 Å². The summed E-state index contributed by atoms with van der Waals surface area (Å²) in [6.45, 7) is 0.401. The minimum atomic E-state index is -2.98. The number of rotatable bonds is 4. The van der Waals surface area contributed by atoms with Gasteiger partial charge in [0.1, 0.15) is 6.61 Å². The monoisotopic (exact) mass is 353 g/mol. The lowest BCUT2D eigenvalue weighted by atomic mass is 9.59. The second-order valence-corrected chi connectivity index (χ2v) is 6.92. The molecular weight excluding hydrogens is 332 g/mol. The highest BCUT2D eigenvalue weighted by Gasteiger charge is 2.66. The normalized spacial score (nSPS) is 24.2. The number of likely N-dealkylation sites (tertiary alicyclic amines) is 1. The Bertz CT molecular complexity index is 642. The molecule has 1 heterocycles. The van der Waals surface area contributed by atoms with E-state index in [0.717, 1.165) is 5.56 Å². The Labute approximate surface area is 144 Å². The third kappa shape index (κ3) is 3.45. The lowest BCUT2D eigenvalue weighted by molar-refractivity contribution is -0.210. The number of carbonyl (C=O) groups excluding carboxylic acids is 1. The van der Waals surface area contributed by atoms with Crippen molar-refractivity contribution in [1.82, 2.24) is 4.90 Å². The number of hydrogen-bond donors (Lipinski definition) is 1. The van der Waals surface area contributed by atoms with Crippen LogP contribution in [0, 0.1) is 5.41 Å². The fourth-order valence-electron chi connectivity index (χ4n) is 3.93. The second kappa shape index (κ2) is 6.61. The van der Waals surface area contributed by atoms with Crippen molar-refractivity contribution in [3.63, 3.8) is 0 Å². The van der Waals surface area contributed by atoms with Gasteiger partial charge >= 0.3 is 12.1 Å². The van der Waals surface area contributed by atoms with Crippen molar-refractivity contribution in [3.05, 3.63) is 35.9 Å². The van der Waals surface area contributed by atoms with Crippen molar-refractivity contribution in [3.8, 4) is 0 Å². The quantitative estimate of drug-likeness (QED) is 0.897. The van der Waals surface area contributed by atoms with Gasteiger partial charge in [-0.15, -0.1) is 0 Å². The number of nitrogens with zero attached hydrogens (tertiary/aromatic N) is 1. The molecule has 5 nitrogen and oxygen atoms in total. The largest absolute Gasteiger partial charge is 0.481 e. The number of carbonyl (C=O) groups is 2. The summed E-state index contributed by atoms with van der Waals surface area (Å²) in [5.74, 6) is -4.23. The molecule has 7 heteroatoms. The number of carboxylic acid groups (broad SMARTS) is 1. The van der Waals surface area contributed by atoms with Gasteiger partial charge in [0.2, 0.25) is 0 Å². The van der Waals surface area contributed by atoms with Gasteiger partial charge < -0.3 is 14.7 Å². The lowest BCUT2D eigenvalue weighted by Gasteiger charge is -2.52. The summed E-state index contributed by atoms with van der Waals surface area (Å²) in [5.41, 5.74) is -0.761. The summed E-state index contributed by atoms with van der Waals surface area (Å²) in [6.07, 6.45) is -0.241. The maximum Gasteiger partial charge on any atom is 0.410 e. The summed E-state index contributed by atoms with van der Waals surface area (Å²) >= 11 is 0. The standard InChI is InChI=1S/C18H21F2NO4/c19-18(20)11-17(12-18,15(22)23)14-8-4-5-9-21(14)16(24)25-10-13-6-2-1-3-7-13/h1-3,6-7,14H,4-5,8-12H2,(H,22,23). The Morgan fingerprint density at radius 3 is 2.48 bits per heavy atom. The molecule has 1 aromatic carbocycles. The number of piperidine rings is 1. The van der Waals surface area contributed by atoms with Gasteiger partial charge in [-0.1, -0.05) is 30.3 Å². The summed E-state index contributed by atoms with van der Waals surface area (Å²) < 4.78 is 32.2. The molecule has 3 rings (SSSR count). The van der Waals surface area contributed by atoms with Gasteiger partial charge in [0.25, 0.3) is 5.92 Å². The Balaban J connectivity index is 1.72. The molecule has 1 unspecified atom stereocenters. The van der Waals surface area contributed by atoms with Crippen molar-refractivity contribution >= 4 is 12.1 Å². The number of ether oxygens (including phenoxy) is 1. The number of halogens is 2. The van der Waals surface area contributed by atoms with Crippen LogP contribution in [0.1, 0.15) is 37.7 Å². The van der Waals surface area contributed by atoms with Crippen LogP contribution in [0.5, 0.6) is 0 Å². The molecule has 1 aliphatic carbocycles. The molecule has 1 amide bonds. The van der Waals surface area contributed by atoms with Crippen LogP contribution >= 0.6 is 0 Å². The number of amides is 1. The number of carboxylic acids is 1. The minimum absolute atomic E-state index is 0.0686. The molecule has 2 fully saturated rings. The first kappa shape index (κ1) is 17.6. The molecule has 25 heavy (non-hydrogen) atoms. The molecule has 0 aromatic heterocycles. The minimum Gasteiger partial charge on any atom is -0.481 e. The van der Waals surface area contributed by atoms with E-state index in [0.29, 0.717) is 25.8 Å². The highest BCUT2D eigenvalue weighted by Crippen LogP contribution is 2.56. The Hall–Kier alpha value is -2.18. The molecule has 0 radical (unpaired) electrons. The first-order valence-electron chi connectivity index (χ1n) is 8.43. The molecular formula is C18H21F2NO4. The van der Waals surface area contributed by atoms with Crippen LogP contribution in [0.3, 0.4) is 0 Å². The van der Waals surface area contributed by atoms with E-state index in [1.54, 1.807) is 0 Å². The van der Waals surface area contributed by atoms with Crippen molar-refractivity contribution in [1.29, 1.82) is 0 Å². The van der Waals surface area contributed by atoms with Crippen LogP contribution in [-0.2, 0) is 16.1 Å². The Morgan fingerprint density at radius 2 is 1.88 bits per heavy atom. The van der Waals surface area contributed by atoms with Crippen LogP contribution in [0.4, 0.5) is 13.6 Å². The topological polar surface area (TPSA) is 66.8 Å². The van der Waals surface area contributed by atoms with Crippen molar-refractivity contribution < 1.29 is 28.2 Å². The molecule has 1 N–H and O–H groups in total. The van der Waals surface area contributed by atoms with Crippen molar-refractivity contribution in [2.75, 3.05) is 6.54 Å². The van der Waals surface area contributed by atoms with Crippen LogP contribution in [0.25, 0.3) is 0 Å². The number of alkyl halides is 2. The smallest absolute Gasteiger partial charge is 0.410 e. The Morgan fingerprint density at radius 1 is 1.20 bits per heavy atom. The second-order valence-electron chi connectivity index (χ2n) is 6.92. The van der Waals surface area contributed by atoms with Gasteiger partial charge in [0, 0.05) is 19.4 Å². The van der Waals surface area contributed by atoms with Crippen LogP contribution in [0.2, 0.25) is 0 Å².